The van der Waals surface area contributed by atoms with Crippen molar-refractivity contribution in [3.63, 3.8) is 0 Å². The monoisotopic (exact) mass is 1190 g/mol. The van der Waals surface area contributed by atoms with Gasteiger partial charge in [0.1, 0.15) is 0 Å². The Labute approximate surface area is 522 Å². The molecular formula is C79H58N6O6. The third-order valence-corrected chi connectivity index (χ3v) is 18.5. The summed E-state index contributed by atoms with van der Waals surface area (Å²) in [6.07, 6.45) is 0. The molecule has 0 saturated carbocycles. The summed E-state index contributed by atoms with van der Waals surface area (Å²) in [5.74, 6) is -3.62. The Kier molecular flexibility index (Phi) is 13.6. The lowest BCUT2D eigenvalue weighted by Crippen LogP contribution is -2.26. The Bertz CT molecular complexity index is 5010. The van der Waals surface area contributed by atoms with E-state index >= 15 is 28.8 Å². The summed E-state index contributed by atoms with van der Waals surface area (Å²) in [6.45, 7) is 0. The average Bonchev–Trinajstić information content (AvgIpc) is 1.61. The first-order valence-electron chi connectivity index (χ1n) is 30.3. The highest BCUT2D eigenvalue weighted by atomic mass is 16.2. The summed E-state index contributed by atoms with van der Waals surface area (Å²) >= 11 is 0. The minimum absolute atomic E-state index is 0.272. The predicted octanol–water partition coefficient (Wildman–Crippen LogP) is 13.0. The van der Waals surface area contributed by atoms with Crippen LogP contribution in [0.2, 0.25) is 0 Å². The lowest BCUT2D eigenvalue weighted by molar-refractivity contribution is 0.835. The van der Waals surface area contributed by atoms with Gasteiger partial charge in [-0.3, -0.25) is 37.9 Å². The number of nitrogens with zero attached hydrogens (tertiary/aromatic N) is 6. The van der Waals surface area contributed by atoms with Crippen LogP contribution < -0.4 is 33.4 Å². The Morgan fingerprint density at radius 3 is 0.648 bits per heavy atom. The molecule has 0 bridgehead atoms. The molecule has 6 aliphatic heterocycles. The van der Waals surface area contributed by atoms with Crippen LogP contribution in [0.3, 0.4) is 0 Å². The number of rotatable bonds is 11. The summed E-state index contributed by atoms with van der Waals surface area (Å²) in [4.78, 5) is 96.8. The average molecular weight is 1190 g/mol. The second-order valence-electron chi connectivity index (χ2n) is 23.4. The van der Waals surface area contributed by atoms with Crippen LogP contribution in [0.5, 0.6) is 0 Å². The molecule has 15 rings (SSSR count). The number of para-hydroxylation sites is 2. The molecule has 3 aromatic rings. The molecule has 6 heterocycles. The highest BCUT2D eigenvalue weighted by Gasteiger charge is 2.41. The zero-order valence-electron chi connectivity index (χ0n) is 50.2. The molecule has 0 aromatic heterocycles. The lowest BCUT2D eigenvalue weighted by Gasteiger charge is -2.26. The van der Waals surface area contributed by atoms with Crippen LogP contribution in [-0.4, -0.2) is 27.4 Å². The number of benzene rings is 3. The van der Waals surface area contributed by atoms with E-state index in [2.05, 4.69) is 0 Å². The largest absolute Gasteiger partial charge is 0.311 e. The number of hydrogen-bond acceptors (Lipinski definition) is 6. The summed E-state index contributed by atoms with van der Waals surface area (Å²) in [7, 11) is 6.90. The Hall–Kier alpha value is -11.8. The summed E-state index contributed by atoms with van der Waals surface area (Å²) in [6, 6.07) is 81.3. The Morgan fingerprint density at radius 1 is 0.220 bits per heavy atom. The van der Waals surface area contributed by atoms with Gasteiger partial charge in [0.25, 0.3) is 33.4 Å². The van der Waals surface area contributed by atoms with Gasteiger partial charge in [-0.25, -0.2) is 0 Å². The fraction of sp³-hybridized carbons (Fsp3) is 0.0886. The number of fused-ring (bicyclic) bond motifs is 6. The standard InChI is InChI=1S/C79H58N6O6/c1-80-59-39-23-7-17-33-53(59)68(74(80)86)65(69-54-34-18-8-24-40-60(54)81(2)75(69)87)48-45-49(66(70-55-35-19-9-25-41-61(55)82(3)76(70)88)71-56-36-20-10-26-42-62(56)83(4)77(71)89)47-50(46-48)67(72-57-37-21-11-27-43-63(57)84(78(72)90)51-29-13-5-14-30-51)73-58-38-22-12-28-44-64(58)85(79(73)91)52-31-15-6-16-32-52/h5-47,65-67H,1-4H3. The van der Waals surface area contributed by atoms with Gasteiger partial charge in [0, 0.05) is 124 Å². The smallest absolute Gasteiger partial charge is 0.260 e. The van der Waals surface area contributed by atoms with Gasteiger partial charge in [-0.2, -0.15) is 0 Å². The maximum absolute atomic E-state index is 16.7. The molecule has 12 heteroatoms. The molecule has 0 unspecified atom stereocenters. The van der Waals surface area contributed by atoms with Gasteiger partial charge in [-0.1, -0.05) is 200 Å². The van der Waals surface area contributed by atoms with Crippen molar-refractivity contribution in [1.82, 2.24) is 27.4 Å². The van der Waals surface area contributed by atoms with Crippen LogP contribution >= 0.6 is 0 Å². The van der Waals surface area contributed by atoms with Gasteiger partial charge in [0.05, 0.1) is 34.2 Å². The van der Waals surface area contributed by atoms with Gasteiger partial charge >= 0.3 is 0 Å². The molecule has 0 spiro atoms. The van der Waals surface area contributed by atoms with Crippen molar-refractivity contribution in [1.29, 1.82) is 0 Å². The molecule has 3 aromatic carbocycles. The molecule has 6 aliphatic carbocycles. The van der Waals surface area contributed by atoms with Gasteiger partial charge in [0.2, 0.25) is 0 Å². The van der Waals surface area contributed by atoms with Gasteiger partial charge in [-0.15, -0.1) is 0 Å². The second-order valence-corrected chi connectivity index (χ2v) is 23.4. The molecule has 0 fully saturated rings. The first-order chi connectivity index (χ1) is 44.4. The molecule has 12 nitrogen and oxygen atoms in total. The van der Waals surface area contributed by atoms with E-state index < -0.39 is 28.9 Å². The molecule has 0 saturated heterocycles. The van der Waals surface area contributed by atoms with Crippen LogP contribution in [0.4, 0.5) is 0 Å². The van der Waals surface area contributed by atoms with E-state index in [1.54, 1.807) is 55.6 Å². The van der Waals surface area contributed by atoms with E-state index in [1.165, 1.54) is 0 Å². The first-order valence-corrected chi connectivity index (χ1v) is 30.3. The van der Waals surface area contributed by atoms with Crippen molar-refractivity contribution in [2.75, 3.05) is 0 Å². The minimum Gasteiger partial charge on any atom is -0.311 e. The van der Waals surface area contributed by atoms with E-state index in [9.17, 15) is 0 Å². The van der Waals surface area contributed by atoms with E-state index in [0.717, 1.165) is 0 Å². The van der Waals surface area contributed by atoms with Crippen LogP contribution in [0.25, 0.3) is 78.9 Å². The van der Waals surface area contributed by atoms with Crippen LogP contribution in [-0.2, 0) is 28.2 Å². The highest BCUT2D eigenvalue weighted by Crippen LogP contribution is 2.49. The van der Waals surface area contributed by atoms with E-state index in [0.29, 0.717) is 118 Å². The highest BCUT2D eigenvalue weighted by molar-refractivity contribution is 5.81. The predicted molar refractivity (Wildman–Crippen MR) is 360 cm³/mol. The van der Waals surface area contributed by atoms with Gasteiger partial charge in [0.15, 0.2) is 0 Å². The number of aromatic nitrogens is 6. The summed E-state index contributed by atoms with van der Waals surface area (Å²) < 4.78 is 9.80. The van der Waals surface area contributed by atoms with Crippen LogP contribution in [0.15, 0.2) is 290 Å². The fourth-order valence-electron chi connectivity index (χ4n) is 14.4. The normalized spacial score (nSPS) is 11.9. The van der Waals surface area contributed by atoms with Gasteiger partial charge < -0.3 is 18.3 Å². The second kappa shape index (κ2) is 22.1. The van der Waals surface area contributed by atoms with Crippen molar-refractivity contribution >= 4 is 0 Å². The molecule has 0 N–H and O–H groups in total. The van der Waals surface area contributed by atoms with Gasteiger partial charge in [-0.05, 0) is 77.4 Å². The van der Waals surface area contributed by atoms with Crippen LogP contribution in [0.1, 0.15) is 67.8 Å². The van der Waals surface area contributed by atoms with Crippen molar-refractivity contribution in [2.24, 2.45) is 28.2 Å². The third-order valence-electron chi connectivity index (χ3n) is 18.5. The summed E-state index contributed by atoms with van der Waals surface area (Å²) in [5, 5.41) is 0. The zero-order chi connectivity index (χ0) is 62.3. The van der Waals surface area contributed by atoms with E-state index in [1.807, 2.05) is 261 Å². The van der Waals surface area contributed by atoms with E-state index in [-0.39, 0.29) is 33.4 Å². The van der Waals surface area contributed by atoms with Crippen LogP contribution in [0, 0.1) is 0 Å². The SMILES string of the molecule is Cn1c2cccccc-2c(C(c2cc(C(c3c4cccccc-4n(C)c3=O)c3c4cccccc-4n(C)c3=O)cc(C(c3c4cccccc-4n(-c4ccccc4)c3=O)c3c4cccccc-4n(-c4ccccc4)c3=O)c2)c2c3cccccc-3n(C)c2=O)c1=O. The molecule has 91 heavy (non-hydrogen) atoms. The minimum atomic E-state index is -1.26. The van der Waals surface area contributed by atoms with Crippen molar-refractivity contribution in [3.8, 4) is 78.9 Å². The Balaban J connectivity index is 1.18. The molecule has 440 valence electrons. The molecule has 12 aliphatic rings. The quantitative estimate of drug-likeness (QED) is 0.127. The summed E-state index contributed by atoms with van der Waals surface area (Å²) in [5.41, 5.74) is 9.17. The maximum atomic E-state index is 16.7. The Morgan fingerprint density at radius 2 is 0.407 bits per heavy atom. The van der Waals surface area contributed by atoms with Crippen molar-refractivity contribution in [2.45, 2.75) is 17.8 Å². The van der Waals surface area contributed by atoms with Crippen molar-refractivity contribution < 1.29 is 0 Å². The maximum Gasteiger partial charge on any atom is 0.260 e. The number of hydrogen-bond donors (Lipinski definition) is 0. The van der Waals surface area contributed by atoms with E-state index in [4.69, 9.17) is 0 Å². The molecular weight excluding hydrogens is 1130 g/mol. The molecule has 0 radical (unpaired) electrons. The first kappa shape index (κ1) is 55.8. The lowest BCUT2D eigenvalue weighted by atomic mass is 9.75. The zero-order valence-corrected chi connectivity index (χ0v) is 50.2. The van der Waals surface area contributed by atoms with Crippen molar-refractivity contribution in [3.05, 3.63) is 373 Å². The molecule has 0 atom stereocenters. The topological polar surface area (TPSA) is 132 Å². The fourth-order valence-corrected chi connectivity index (χ4v) is 14.4. The third kappa shape index (κ3) is 8.73. The molecule has 0 amide bonds.